The van der Waals surface area contributed by atoms with E-state index in [-0.39, 0.29) is 11.6 Å². The van der Waals surface area contributed by atoms with E-state index in [9.17, 15) is 9.50 Å². The van der Waals surface area contributed by atoms with Gasteiger partial charge in [-0.2, -0.15) is 0 Å². The number of anilines is 2. The van der Waals surface area contributed by atoms with Crippen molar-refractivity contribution in [2.24, 2.45) is 0 Å². The maximum absolute atomic E-state index is 13.4. The van der Waals surface area contributed by atoms with Crippen LogP contribution in [-0.2, 0) is 0 Å². The molecule has 0 unspecified atom stereocenters. The minimum atomic E-state index is -0.268. The second-order valence-electron chi connectivity index (χ2n) is 6.75. The Labute approximate surface area is 170 Å². The summed E-state index contributed by atoms with van der Waals surface area (Å²) in [5.74, 6) is 0.642. The number of aryl methyl sites for hydroxylation is 1. The topological polar surface area (TPSA) is 58.0 Å². The maximum atomic E-state index is 13.4. The van der Waals surface area contributed by atoms with Crippen LogP contribution < -0.4 is 5.32 Å². The standard InChI is InChI=1S/C23H16FN3OS/c1-13-20(14-8-10-15(24)11-9-14)21-22(25-12-26-23(21)29-13)27-18-6-2-5-17-16(18)4-3-7-19(17)28/h2-12,28H,1H3,(H,25,26,27). The Morgan fingerprint density at radius 1 is 0.931 bits per heavy atom. The lowest BCUT2D eigenvalue weighted by Gasteiger charge is -2.12. The molecule has 0 radical (unpaired) electrons. The molecule has 0 amide bonds. The van der Waals surface area contributed by atoms with Gasteiger partial charge in [-0.1, -0.05) is 36.4 Å². The molecule has 4 nitrogen and oxygen atoms in total. The largest absolute Gasteiger partial charge is 0.507 e. The summed E-state index contributed by atoms with van der Waals surface area (Å²) in [5, 5.41) is 16.2. The van der Waals surface area contributed by atoms with Gasteiger partial charge < -0.3 is 10.4 Å². The highest BCUT2D eigenvalue weighted by Crippen LogP contribution is 2.41. The van der Waals surface area contributed by atoms with Crippen molar-refractivity contribution in [3.63, 3.8) is 0 Å². The zero-order chi connectivity index (χ0) is 20.0. The Morgan fingerprint density at radius 2 is 1.69 bits per heavy atom. The van der Waals surface area contributed by atoms with E-state index in [1.807, 2.05) is 37.3 Å². The third-order valence-electron chi connectivity index (χ3n) is 4.95. The lowest BCUT2D eigenvalue weighted by Crippen LogP contribution is -1.96. The first-order valence-electron chi connectivity index (χ1n) is 9.09. The third kappa shape index (κ3) is 2.98. The molecule has 5 rings (SSSR count). The number of hydrogen-bond donors (Lipinski definition) is 2. The van der Waals surface area contributed by atoms with Crippen LogP contribution in [-0.4, -0.2) is 15.1 Å². The Bertz CT molecular complexity index is 1360. The first-order chi connectivity index (χ1) is 14.1. The van der Waals surface area contributed by atoms with E-state index in [0.717, 1.165) is 42.7 Å². The van der Waals surface area contributed by atoms with Gasteiger partial charge in [0.1, 0.15) is 28.5 Å². The van der Waals surface area contributed by atoms with Crippen molar-refractivity contribution in [3.8, 4) is 16.9 Å². The number of benzene rings is 3. The normalized spacial score (nSPS) is 11.2. The Morgan fingerprint density at radius 3 is 2.52 bits per heavy atom. The monoisotopic (exact) mass is 401 g/mol. The average Bonchev–Trinajstić information content (AvgIpc) is 3.06. The van der Waals surface area contributed by atoms with E-state index < -0.39 is 0 Å². The lowest BCUT2D eigenvalue weighted by molar-refractivity contribution is 0.481. The van der Waals surface area contributed by atoms with Crippen molar-refractivity contribution in [2.45, 2.75) is 6.92 Å². The highest BCUT2D eigenvalue weighted by molar-refractivity contribution is 7.19. The molecular formula is C23H16FN3OS. The molecule has 0 bridgehead atoms. The molecule has 142 valence electrons. The van der Waals surface area contributed by atoms with Gasteiger partial charge in [-0.25, -0.2) is 14.4 Å². The van der Waals surface area contributed by atoms with E-state index >= 15 is 0 Å². The number of halogens is 1. The molecule has 2 N–H and O–H groups in total. The SMILES string of the molecule is Cc1sc2ncnc(Nc3cccc4c(O)cccc34)c2c1-c1ccc(F)cc1. The van der Waals surface area contributed by atoms with Gasteiger partial charge in [0.05, 0.1) is 5.39 Å². The molecular weight excluding hydrogens is 385 g/mol. The van der Waals surface area contributed by atoms with Crippen LogP contribution in [0.15, 0.2) is 67.0 Å². The van der Waals surface area contributed by atoms with Crippen molar-refractivity contribution in [2.75, 3.05) is 5.32 Å². The Kier molecular flexibility index (Phi) is 4.14. The van der Waals surface area contributed by atoms with Crippen LogP contribution in [0.3, 0.4) is 0 Å². The van der Waals surface area contributed by atoms with Crippen LogP contribution in [0, 0.1) is 12.7 Å². The summed E-state index contributed by atoms with van der Waals surface area (Å²) in [6, 6.07) is 17.6. The zero-order valence-electron chi connectivity index (χ0n) is 15.5. The van der Waals surface area contributed by atoms with Gasteiger partial charge in [-0.05, 0) is 36.8 Å². The number of nitrogens with one attached hydrogen (secondary N) is 1. The fourth-order valence-electron chi connectivity index (χ4n) is 3.63. The van der Waals surface area contributed by atoms with Crippen molar-refractivity contribution >= 4 is 43.8 Å². The number of phenols is 1. The molecule has 29 heavy (non-hydrogen) atoms. The number of rotatable bonds is 3. The van der Waals surface area contributed by atoms with Crippen LogP contribution >= 0.6 is 11.3 Å². The van der Waals surface area contributed by atoms with Gasteiger partial charge >= 0.3 is 0 Å². The van der Waals surface area contributed by atoms with Crippen molar-refractivity contribution in [1.82, 2.24) is 9.97 Å². The predicted octanol–water partition coefficient (Wildman–Crippen LogP) is 6.41. The minimum absolute atomic E-state index is 0.234. The van der Waals surface area contributed by atoms with E-state index in [1.54, 1.807) is 29.5 Å². The molecule has 0 fully saturated rings. The average molecular weight is 401 g/mol. The second kappa shape index (κ2) is 6.83. The van der Waals surface area contributed by atoms with Gasteiger partial charge in [0.2, 0.25) is 0 Å². The lowest BCUT2D eigenvalue weighted by atomic mass is 10.0. The minimum Gasteiger partial charge on any atom is -0.507 e. The fourth-order valence-corrected chi connectivity index (χ4v) is 4.65. The van der Waals surface area contributed by atoms with Gasteiger partial charge in [-0.15, -0.1) is 11.3 Å². The molecule has 5 aromatic rings. The molecule has 0 saturated heterocycles. The van der Waals surface area contributed by atoms with Gasteiger partial charge in [0, 0.05) is 26.9 Å². The molecule has 0 aliphatic rings. The maximum Gasteiger partial charge on any atom is 0.143 e. The van der Waals surface area contributed by atoms with Crippen LogP contribution in [0.5, 0.6) is 5.75 Å². The van der Waals surface area contributed by atoms with Crippen LogP contribution in [0.2, 0.25) is 0 Å². The van der Waals surface area contributed by atoms with Gasteiger partial charge in [0.25, 0.3) is 0 Å². The summed E-state index contributed by atoms with van der Waals surface area (Å²) in [7, 11) is 0. The first kappa shape index (κ1) is 17.6. The quantitative estimate of drug-likeness (QED) is 0.367. The summed E-state index contributed by atoms with van der Waals surface area (Å²) in [4.78, 5) is 10.9. The van der Waals surface area contributed by atoms with E-state index in [1.165, 1.54) is 18.5 Å². The summed E-state index contributed by atoms with van der Waals surface area (Å²) >= 11 is 1.58. The summed E-state index contributed by atoms with van der Waals surface area (Å²) < 4.78 is 13.4. The number of phenolic OH excluding ortho intramolecular Hbond substituents is 1. The molecule has 0 aliphatic carbocycles. The number of hydrogen-bond acceptors (Lipinski definition) is 5. The Hall–Kier alpha value is -3.51. The van der Waals surface area contributed by atoms with Crippen LogP contribution in [0.1, 0.15) is 4.88 Å². The number of thiophene rings is 1. The Balaban J connectivity index is 1.71. The smallest absolute Gasteiger partial charge is 0.143 e. The predicted molar refractivity (Wildman–Crippen MR) is 116 cm³/mol. The first-order valence-corrected chi connectivity index (χ1v) is 9.91. The van der Waals surface area contributed by atoms with E-state index in [2.05, 4.69) is 15.3 Å². The van der Waals surface area contributed by atoms with Crippen LogP contribution in [0.25, 0.3) is 32.1 Å². The van der Waals surface area contributed by atoms with Gasteiger partial charge in [-0.3, -0.25) is 0 Å². The summed E-state index contributed by atoms with van der Waals surface area (Å²) in [6.07, 6.45) is 1.54. The number of nitrogens with zero attached hydrogens (tertiary/aromatic N) is 2. The van der Waals surface area contributed by atoms with Crippen LogP contribution in [0.4, 0.5) is 15.9 Å². The molecule has 0 spiro atoms. The second-order valence-corrected chi connectivity index (χ2v) is 7.95. The van der Waals surface area contributed by atoms with E-state index in [0.29, 0.717) is 5.82 Å². The highest BCUT2D eigenvalue weighted by Gasteiger charge is 2.17. The number of fused-ring (bicyclic) bond motifs is 2. The number of aromatic hydroxyl groups is 1. The summed E-state index contributed by atoms with van der Waals surface area (Å²) in [6.45, 7) is 2.03. The third-order valence-corrected chi connectivity index (χ3v) is 5.96. The molecule has 0 saturated carbocycles. The van der Waals surface area contributed by atoms with Gasteiger partial charge in [0.15, 0.2) is 0 Å². The highest BCUT2D eigenvalue weighted by atomic mass is 32.1. The number of aromatic nitrogens is 2. The zero-order valence-corrected chi connectivity index (χ0v) is 16.3. The molecule has 2 heterocycles. The molecule has 6 heteroatoms. The molecule has 0 atom stereocenters. The van der Waals surface area contributed by atoms with Crippen molar-refractivity contribution in [3.05, 3.63) is 77.7 Å². The fraction of sp³-hybridized carbons (Fsp3) is 0.0435. The molecule has 0 aliphatic heterocycles. The van der Waals surface area contributed by atoms with E-state index in [4.69, 9.17) is 0 Å². The molecule has 2 aromatic heterocycles. The molecule has 3 aromatic carbocycles. The van der Waals surface area contributed by atoms with Crippen molar-refractivity contribution in [1.29, 1.82) is 0 Å². The van der Waals surface area contributed by atoms with Crippen molar-refractivity contribution < 1.29 is 9.50 Å². The summed E-state index contributed by atoms with van der Waals surface area (Å²) in [5.41, 5.74) is 2.76.